The van der Waals surface area contributed by atoms with Crippen LogP contribution in [-0.4, -0.2) is 50.1 Å². The predicted molar refractivity (Wildman–Crippen MR) is 85.3 cm³/mol. The van der Waals surface area contributed by atoms with Gasteiger partial charge in [-0.05, 0) is 39.1 Å². The number of sulfonamides is 1. The average molecular weight is 346 g/mol. The van der Waals surface area contributed by atoms with Crippen LogP contribution in [0, 0.1) is 0 Å². The summed E-state index contributed by atoms with van der Waals surface area (Å²) in [5, 5.41) is 1.69. The minimum Gasteiger partial charge on any atom is -0.369 e. The van der Waals surface area contributed by atoms with Crippen molar-refractivity contribution < 1.29 is 17.9 Å². The van der Waals surface area contributed by atoms with Crippen LogP contribution in [0.4, 0.5) is 0 Å². The van der Waals surface area contributed by atoms with Gasteiger partial charge in [0.1, 0.15) is 4.21 Å². The molecular formula is C14H22N2O4S2. The molecule has 1 aromatic heterocycles. The molecule has 124 valence electrons. The van der Waals surface area contributed by atoms with Gasteiger partial charge in [-0.3, -0.25) is 4.79 Å². The van der Waals surface area contributed by atoms with Gasteiger partial charge in [-0.15, -0.1) is 11.3 Å². The molecule has 2 unspecified atom stereocenters. The van der Waals surface area contributed by atoms with Gasteiger partial charge in [0.15, 0.2) is 0 Å². The molecule has 1 N–H and O–H groups in total. The van der Waals surface area contributed by atoms with Crippen LogP contribution in [0.5, 0.6) is 0 Å². The van der Waals surface area contributed by atoms with Crippen LogP contribution in [0.3, 0.4) is 0 Å². The molecule has 1 saturated heterocycles. The lowest BCUT2D eigenvalue weighted by Crippen LogP contribution is -2.57. The Morgan fingerprint density at radius 1 is 1.55 bits per heavy atom. The molecule has 22 heavy (non-hydrogen) atoms. The summed E-state index contributed by atoms with van der Waals surface area (Å²) in [4.78, 5) is 14.2. The Kier molecular flexibility index (Phi) is 4.96. The zero-order valence-corrected chi connectivity index (χ0v) is 14.8. The third-order valence-corrected chi connectivity index (χ3v) is 6.28. The van der Waals surface area contributed by atoms with Crippen LogP contribution in [0.2, 0.25) is 0 Å². The van der Waals surface area contributed by atoms with Crippen molar-refractivity contribution in [3.63, 3.8) is 0 Å². The largest absolute Gasteiger partial charge is 0.369 e. The van der Waals surface area contributed by atoms with Crippen molar-refractivity contribution in [2.45, 2.75) is 49.7 Å². The number of carbonyl (C=O) groups is 1. The summed E-state index contributed by atoms with van der Waals surface area (Å²) in [6.45, 7) is 8.23. The van der Waals surface area contributed by atoms with E-state index in [4.69, 9.17) is 4.74 Å². The first-order valence-corrected chi connectivity index (χ1v) is 9.49. The molecule has 6 nitrogen and oxygen atoms in total. The number of hydrogen-bond donors (Lipinski definition) is 1. The smallest absolute Gasteiger partial charge is 0.250 e. The molecule has 1 aliphatic rings. The summed E-state index contributed by atoms with van der Waals surface area (Å²) in [6, 6.07) is 2.37. The van der Waals surface area contributed by atoms with Crippen LogP contribution in [0.15, 0.2) is 21.7 Å². The summed E-state index contributed by atoms with van der Waals surface area (Å²) in [7, 11) is -3.65. The van der Waals surface area contributed by atoms with Crippen molar-refractivity contribution in [2.75, 3.05) is 13.1 Å². The van der Waals surface area contributed by atoms with Gasteiger partial charge in [-0.1, -0.05) is 6.07 Å². The number of thiophene rings is 1. The first-order chi connectivity index (χ1) is 10.1. The highest BCUT2D eigenvalue weighted by atomic mass is 32.2. The Morgan fingerprint density at radius 3 is 2.77 bits per heavy atom. The molecule has 2 atom stereocenters. The molecule has 0 spiro atoms. The maximum Gasteiger partial charge on any atom is 0.250 e. The van der Waals surface area contributed by atoms with Gasteiger partial charge in [-0.2, -0.15) is 4.72 Å². The van der Waals surface area contributed by atoms with E-state index in [-0.39, 0.29) is 16.2 Å². The molecule has 1 aromatic rings. The Balaban J connectivity index is 2.06. The van der Waals surface area contributed by atoms with E-state index in [0.29, 0.717) is 13.1 Å². The second kappa shape index (κ2) is 6.27. The first-order valence-electron chi connectivity index (χ1n) is 7.13. The van der Waals surface area contributed by atoms with Crippen molar-refractivity contribution in [1.29, 1.82) is 0 Å². The highest BCUT2D eigenvalue weighted by Crippen LogP contribution is 2.22. The van der Waals surface area contributed by atoms with Crippen molar-refractivity contribution >= 4 is 27.3 Å². The van der Waals surface area contributed by atoms with Crippen LogP contribution in [-0.2, 0) is 19.6 Å². The van der Waals surface area contributed by atoms with E-state index in [1.165, 1.54) is 6.07 Å². The van der Waals surface area contributed by atoms with E-state index < -0.39 is 21.7 Å². The number of amides is 1. The van der Waals surface area contributed by atoms with Gasteiger partial charge >= 0.3 is 0 Å². The van der Waals surface area contributed by atoms with Crippen LogP contribution < -0.4 is 4.72 Å². The summed E-state index contributed by atoms with van der Waals surface area (Å²) in [5.41, 5.74) is -0.431. The maximum absolute atomic E-state index is 12.5. The Morgan fingerprint density at radius 2 is 2.23 bits per heavy atom. The highest BCUT2D eigenvalue weighted by molar-refractivity contribution is 7.91. The van der Waals surface area contributed by atoms with E-state index in [1.54, 1.807) is 23.3 Å². The number of ether oxygens (including phenoxy) is 1. The summed E-state index contributed by atoms with van der Waals surface area (Å²) in [6.07, 6.45) is -0.0752. The number of nitrogens with one attached hydrogen (secondary N) is 1. The number of morpholine rings is 1. The zero-order valence-electron chi connectivity index (χ0n) is 13.2. The lowest BCUT2D eigenvalue weighted by Gasteiger charge is -2.42. The fraction of sp³-hybridized carbons (Fsp3) is 0.643. The molecule has 0 radical (unpaired) electrons. The number of nitrogens with zero attached hydrogens (tertiary/aromatic N) is 1. The van der Waals surface area contributed by atoms with Crippen molar-refractivity contribution in [3.05, 3.63) is 17.5 Å². The fourth-order valence-electron chi connectivity index (χ4n) is 2.65. The molecule has 2 rings (SSSR count). The SMILES string of the molecule is CC1CN(C(=O)C(C)NS(=O)(=O)c2cccs2)CC(C)(C)O1. The van der Waals surface area contributed by atoms with Crippen LogP contribution in [0.25, 0.3) is 0 Å². The molecule has 1 aliphatic heterocycles. The number of carbonyl (C=O) groups excluding carboxylic acids is 1. The van der Waals surface area contributed by atoms with E-state index in [0.717, 1.165) is 11.3 Å². The first kappa shape index (κ1) is 17.4. The van der Waals surface area contributed by atoms with Crippen molar-refractivity contribution in [3.8, 4) is 0 Å². The zero-order chi connectivity index (χ0) is 16.5. The molecule has 0 aromatic carbocycles. The highest BCUT2D eigenvalue weighted by Gasteiger charge is 2.36. The molecule has 1 amide bonds. The van der Waals surface area contributed by atoms with Gasteiger partial charge in [0.2, 0.25) is 5.91 Å². The fourth-order valence-corrected chi connectivity index (χ4v) is 4.86. The Labute approximate surface area is 135 Å². The minimum atomic E-state index is -3.65. The Hall–Kier alpha value is -0.960. The van der Waals surface area contributed by atoms with E-state index in [1.807, 2.05) is 20.8 Å². The minimum absolute atomic E-state index is 0.0752. The summed E-state index contributed by atoms with van der Waals surface area (Å²) in [5.74, 6) is -0.233. The van der Waals surface area contributed by atoms with Gasteiger partial charge < -0.3 is 9.64 Å². The number of rotatable bonds is 4. The molecule has 1 fully saturated rings. The molecule has 0 saturated carbocycles. The van der Waals surface area contributed by atoms with Crippen LogP contribution >= 0.6 is 11.3 Å². The maximum atomic E-state index is 12.5. The van der Waals surface area contributed by atoms with E-state index in [2.05, 4.69) is 4.72 Å². The summed E-state index contributed by atoms with van der Waals surface area (Å²) < 4.78 is 32.8. The monoisotopic (exact) mass is 346 g/mol. The predicted octanol–water partition coefficient (Wildman–Crippen LogP) is 1.44. The second-order valence-corrected chi connectivity index (χ2v) is 9.07. The van der Waals surface area contributed by atoms with Crippen molar-refractivity contribution in [2.24, 2.45) is 0 Å². The lowest BCUT2D eigenvalue weighted by atomic mass is 10.0. The summed E-state index contributed by atoms with van der Waals surface area (Å²) >= 11 is 1.12. The van der Waals surface area contributed by atoms with Gasteiger partial charge in [0.25, 0.3) is 10.0 Å². The molecule has 0 aliphatic carbocycles. The Bertz CT molecular complexity index is 625. The van der Waals surface area contributed by atoms with Gasteiger partial charge in [0.05, 0.1) is 17.7 Å². The van der Waals surface area contributed by atoms with E-state index >= 15 is 0 Å². The topological polar surface area (TPSA) is 75.7 Å². The molecule has 8 heteroatoms. The van der Waals surface area contributed by atoms with E-state index in [9.17, 15) is 13.2 Å². The third kappa shape index (κ3) is 4.07. The normalized spacial score (nSPS) is 23.3. The van der Waals surface area contributed by atoms with Gasteiger partial charge in [-0.25, -0.2) is 8.42 Å². The molecule has 2 heterocycles. The van der Waals surface area contributed by atoms with Gasteiger partial charge in [0, 0.05) is 13.1 Å². The lowest BCUT2D eigenvalue weighted by molar-refractivity contribution is -0.159. The average Bonchev–Trinajstić information content (AvgIpc) is 2.89. The number of hydrogen-bond acceptors (Lipinski definition) is 5. The standard InChI is InChI=1S/C14H22N2O4S2/c1-10-8-16(9-14(3,4)20-10)13(17)11(2)15-22(18,19)12-6-5-7-21-12/h5-7,10-11,15H,8-9H2,1-4H3. The van der Waals surface area contributed by atoms with Crippen molar-refractivity contribution in [1.82, 2.24) is 9.62 Å². The second-order valence-electron chi connectivity index (χ2n) is 6.18. The quantitative estimate of drug-likeness (QED) is 0.895. The molecular weight excluding hydrogens is 324 g/mol. The van der Waals surface area contributed by atoms with Crippen LogP contribution in [0.1, 0.15) is 27.7 Å². The third-order valence-electron chi connectivity index (χ3n) is 3.34. The molecule has 0 bridgehead atoms.